The number of likely N-dealkylation sites (N-methyl/N-ethyl adjacent to an activating group) is 1. The van der Waals surface area contributed by atoms with E-state index >= 15 is 0 Å². The third kappa shape index (κ3) is 4.18. The third-order valence-corrected chi connectivity index (χ3v) is 5.83. The zero-order chi connectivity index (χ0) is 22.0. The van der Waals surface area contributed by atoms with Gasteiger partial charge in [0.15, 0.2) is 0 Å². The lowest BCUT2D eigenvalue weighted by Gasteiger charge is -2.34. The molecule has 2 aliphatic rings. The minimum Gasteiger partial charge on any atom is -0.491 e. The van der Waals surface area contributed by atoms with Crippen LogP contribution in [0.15, 0.2) is 54.2 Å². The third-order valence-electron chi connectivity index (χ3n) is 5.58. The molecule has 162 valence electrons. The number of piperazine rings is 1. The quantitative estimate of drug-likeness (QED) is 0.643. The monoisotopic (exact) mass is 439 g/mol. The van der Waals surface area contributed by atoms with Crippen molar-refractivity contribution in [3.63, 3.8) is 0 Å². The van der Waals surface area contributed by atoms with Crippen molar-refractivity contribution in [3.8, 4) is 5.75 Å². The summed E-state index contributed by atoms with van der Waals surface area (Å²) >= 11 is 6.07. The minimum atomic E-state index is -0.339. The number of carbonyl (C=O) groups excluding carboxylic acids is 2. The molecule has 0 unspecified atom stereocenters. The highest BCUT2D eigenvalue weighted by Gasteiger charge is 2.43. The lowest BCUT2D eigenvalue weighted by molar-refractivity contribution is -0.120. The Morgan fingerprint density at radius 3 is 2.29 bits per heavy atom. The molecule has 0 spiro atoms. The Morgan fingerprint density at radius 2 is 1.61 bits per heavy atom. The van der Waals surface area contributed by atoms with Crippen LogP contribution in [0.1, 0.15) is 18.9 Å². The van der Waals surface area contributed by atoms with Gasteiger partial charge >= 0.3 is 0 Å². The Hall–Kier alpha value is -2.83. The zero-order valence-corrected chi connectivity index (χ0v) is 18.6. The van der Waals surface area contributed by atoms with Crippen molar-refractivity contribution in [2.24, 2.45) is 0 Å². The highest BCUT2D eigenvalue weighted by molar-refractivity contribution is 6.45. The van der Waals surface area contributed by atoms with Gasteiger partial charge in [0.1, 0.15) is 11.4 Å². The van der Waals surface area contributed by atoms with Crippen molar-refractivity contribution in [2.75, 3.05) is 44.7 Å². The van der Waals surface area contributed by atoms with Crippen molar-refractivity contribution >= 4 is 34.7 Å². The summed E-state index contributed by atoms with van der Waals surface area (Å²) in [6.45, 7) is 5.55. The van der Waals surface area contributed by atoms with E-state index in [9.17, 15) is 9.59 Å². The van der Waals surface area contributed by atoms with Crippen LogP contribution in [0.5, 0.6) is 5.75 Å². The molecule has 2 aromatic rings. The summed E-state index contributed by atoms with van der Waals surface area (Å²) in [5.74, 6) is -0.123. The van der Waals surface area contributed by atoms with Crippen molar-refractivity contribution < 1.29 is 14.3 Å². The van der Waals surface area contributed by atoms with Crippen LogP contribution in [0.25, 0.3) is 5.57 Å². The normalized spacial score (nSPS) is 17.6. The molecule has 0 atom stereocenters. The Balaban J connectivity index is 1.79. The van der Waals surface area contributed by atoms with Crippen molar-refractivity contribution in [1.29, 1.82) is 0 Å². The number of nitrogens with zero attached hydrogens (tertiary/aromatic N) is 3. The fraction of sp³-hybridized carbons (Fsp3) is 0.333. The molecule has 6 nitrogen and oxygen atoms in total. The van der Waals surface area contributed by atoms with Crippen LogP contribution in [0.3, 0.4) is 0 Å². The number of halogens is 1. The average molecular weight is 440 g/mol. The molecule has 7 heteroatoms. The van der Waals surface area contributed by atoms with Crippen LogP contribution in [-0.4, -0.2) is 61.4 Å². The molecule has 31 heavy (non-hydrogen) atoms. The van der Waals surface area contributed by atoms with Crippen molar-refractivity contribution in [2.45, 2.75) is 13.3 Å². The van der Waals surface area contributed by atoms with E-state index in [-0.39, 0.29) is 11.8 Å². The molecule has 0 aliphatic carbocycles. The summed E-state index contributed by atoms with van der Waals surface area (Å²) in [6.07, 6.45) is 0.830. The molecule has 2 aromatic carbocycles. The van der Waals surface area contributed by atoms with Crippen molar-refractivity contribution in [1.82, 2.24) is 9.80 Å². The molecule has 0 N–H and O–H groups in total. The van der Waals surface area contributed by atoms with E-state index in [4.69, 9.17) is 16.3 Å². The van der Waals surface area contributed by atoms with E-state index in [2.05, 4.69) is 11.9 Å². The van der Waals surface area contributed by atoms with E-state index in [0.717, 1.165) is 19.5 Å². The van der Waals surface area contributed by atoms with Crippen LogP contribution >= 0.6 is 11.6 Å². The van der Waals surface area contributed by atoms with E-state index in [1.54, 1.807) is 36.4 Å². The van der Waals surface area contributed by atoms with Crippen LogP contribution in [0.4, 0.5) is 5.69 Å². The SMILES string of the molecule is CCCOc1ccccc1N1C(=O)C(c2ccc(Cl)cc2)=C(N2CCN(C)CC2)C1=O. The lowest BCUT2D eigenvalue weighted by atomic mass is 10.0. The van der Waals surface area contributed by atoms with Gasteiger partial charge in [0, 0.05) is 31.2 Å². The Morgan fingerprint density at radius 1 is 0.935 bits per heavy atom. The summed E-state index contributed by atoms with van der Waals surface area (Å²) in [6, 6.07) is 14.3. The minimum absolute atomic E-state index is 0.313. The van der Waals surface area contributed by atoms with Gasteiger partial charge in [0.05, 0.1) is 17.9 Å². The van der Waals surface area contributed by atoms with Gasteiger partial charge in [-0.25, -0.2) is 4.90 Å². The standard InChI is InChI=1S/C24H26ClN3O3/c1-3-16-31-20-7-5-4-6-19(20)28-23(29)21(17-8-10-18(25)11-9-17)22(24(28)30)27-14-12-26(2)13-15-27/h4-11H,3,12-16H2,1-2H3. The van der Waals surface area contributed by atoms with Gasteiger partial charge in [0.25, 0.3) is 11.8 Å². The molecule has 2 heterocycles. The number of amides is 2. The highest BCUT2D eigenvalue weighted by atomic mass is 35.5. The number of rotatable bonds is 6. The van der Waals surface area contributed by atoms with Crippen LogP contribution < -0.4 is 9.64 Å². The fourth-order valence-electron chi connectivity index (χ4n) is 3.91. The maximum Gasteiger partial charge on any atom is 0.282 e. The Labute approximate surface area is 187 Å². The first-order chi connectivity index (χ1) is 15.0. The predicted octanol–water partition coefficient (Wildman–Crippen LogP) is 3.66. The first kappa shape index (κ1) is 21.4. The summed E-state index contributed by atoms with van der Waals surface area (Å²) < 4.78 is 5.84. The topological polar surface area (TPSA) is 53.1 Å². The predicted molar refractivity (Wildman–Crippen MR) is 122 cm³/mol. The summed E-state index contributed by atoms with van der Waals surface area (Å²) in [5.41, 5.74) is 2.02. The molecular formula is C24H26ClN3O3. The molecule has 0 radical (unpaired) electrons. The number of para-hydroxylation sites is 2. The molecule has 0 saturated carbocycles. The molecule has 4 rings (SSSR count). The number of carbonyl (C=O) groups is 2. The second kappa shape index (κ2) is 9.12. The molecule has 1 saturated heterocycles. The van der Waals surface area contributed by atoms with E-state index in [0.29, 0.717) is 53.0 Å². The number of ether oxygens (including phenoxy) is 1. The number of benzene rings is 2. The second-order valence-corrected chi connectivity index (χ2v) is 8.22. The smallest absolute Gasteiger partial charge is 0.282 e. The summed E-state index contributed by atoms with van der Waals surface area (Å²) in [7, 11) is 2.06. The highest BCUT2D eigenvalue weighted by Crippen LogP contribution is 2.39. The first-order valence-electron chi connectivity index (χ1n) is 10.6. The van der Waals surface area contributed by atoms with Gasteiger partial charge in [-0.2, -0.15) is 0 Å². The van der Waals surface area contributed by atoms with Crippen molar-refractivity contribution in [3.05, 3.63) is 64.8 Å². The van der Waals surface area contributed by atoms with Gasteiger partial charge in [-0.05, 0) is 43.3 Å². The number of anilines is 1. The Kier molecular flexibility index (Phi) is 6.30. The number of imide groups is 1. The van der Waals surface area contributed by atoms with Crippen LogP contribution in [-0.2, 0) is 9.59 Å². The molecule has 0 bridgehead atoms. The average Bonchev–Trinajstić information content (AvgIpc) is 3.03. The molecule has 0 aromatic heterocycles. The van der Waals surface area contributed by atoms with Gasteiger partial charge in [-0.15, -0.1) is 0 Å². The largest absolute Gasteiger partial charge is 0.491 e. The van der Waals surface area contributed by atoms with Gasteiger partial charge in [0.2, 0.25) is 0 Å². The van der Waals surface area contributed by atoms with Gasteiger partial charge in [-0.1, -0.05) is 42.8 Å². The van der Waals surface area contributed by atoms with E-state index < -0.39 is 0 Å². The molecule has 2 aliphatic heterocycles. The zero-order valence-electron chi connectivity index (χ0n) is 17.8. The van der Waals surface area contributed by atoms with Crippen LogP contribution in [0, 0.1) is 0 Å². The van der Waals surface area contributed by atoms with E-state index in [1.807, 2.05) is 24.0 Å². The maximum atomic E-state index is 13.7. The number of hydrogen-bond acceptors (Lipinski definition) is 5. The van der Waals surface area contributed by atoms with E-state index in [1.165, 1.54) is 4.90 Å². The maximum absolute atomic E-state index is 13.7. The lowest BCUT2D eigenvalue weighted by Crippen LogP contribution is -2.46. The number of hydrogen-bond donors (Lipinski definition) is 0. The molecule has 2 amide bonds. The van der Waals surface area contributed by atoms with Gasteiger partial charge in [-0.3, -0.25) is 9.59 Å². The second-order valence-electron chi connectivity index (χ2n) is 7.78. The first-order valence-corrected chi connectivity index (χ1v) is 10.9. The molecule has 1 fully saturated rings. The fourth-order valence-corrected chi connectivity index (χ4v) is 4.04. The summed E-state index contributed by atoms with van der Waals surface area (Å²) in [5, 5.41) is 0.581. The summed E-state index contributed by atoms with van der Waals surface area (Å²) in [4.78, 5) is 32.8. The van der Waals surface area contributed by atoms with Crippen LogP contribution in [0.2, 0.25) is 5.02 Å². The molecular weight excluding hydrogens is 414 g/mol. The van der Waals surface area contributed by atoms with Gasteiger partial charge < -0.3 is 14.5 Å². The Bertz CT molecular complexity index is 1010.